The largest absolute Gasteiger partial charge is 0.325 e. The van der Waals surface area contributed by atoms with Crippen molar-refractivity contribution in [2.75, 3.05) is 38.0 Å². The first-order valence-corrected chi connectivity index (χ1v) is 8.05. The highest BCUT2D eigenvalue weighted by Crippen LogP contribution is 2.27. The molecule has 2 saturated heterocycles. The van der Waals surface area contributed by atoms with Gasteiger partial charge in [0.25, 0.3) is 0 Å². The van der Waals surface area contributed by atoms with Crippen molar-refractivity contribution in [2.45, 2.75) is 6.42 Å². The third-order valence-corrected chi connectivity index (χ3v) is 5.10. The number of carbonyl (C=O) groups is 1. The van der Waals surface area contributed by atoms with Gasteiger partial charge in [-0.2, -0.15) is 0 Å². The maximum absolute atomic E-state index is 12.1. The Hall–Kier alpha value is -0.520. The summed E-state index contributed by atoms with van der Waals surface area (Å²) < 4.78 is 0. The highest BCUT2D eigenvalue weighted by Gasteiger charge is 2.33. The van der Waals surface area contributed by atoms with E-state index in [2.05, 4.69) is 15.5 Å². The fourth-order valence-corrected chi connectivity index (χ4v) is 3.53. The average Bonchev–Trinajstić information content (AvgIpc) is 2.90. The Kier molecular flexibility index (Phi) is 6.36. The number of nitrogens with one attached hydrogen (secondary N) is 2. The highest BCUT2D eigenvalue weighted by atomic mass is 35.5. The second-order valence-corrected chi connectivity index (χ2v) is 6.69. The Balaban J connectivity index is 0.00000176. The van der Waals surface area contributed by atoms with Crippen molar-refractivity contribution in [1.82, 2.24) is 10.2 Å². The van der Waals surface area contributed by atoms with Crippen LogP contribution in [0, 0.1) is 11.8 Å². The molecule has 2 aliphatic rings. The Labute approximate surface area is 146 Å². The van der Waals surface area contributed by atoms with Gasteiger partial charge in [-0.15, -0.1) is 12.4 Å². The molecule has 0 radical (unpaired) electrons. The summed E-state index contributed by atoms with van der Waals surface area (Å²) in [4.78, 5) is 14.4. The van der Waals surface area contributed by atoms with Crippen LogP contribution in [0.5, 0.6) is 0 Å². The van der Waals surface area contributed by atoms with E-state index >= 15 is 0 Å². The Morgan fingerprint density at radius 2 is 2.05 bits per heavy atom. The number of likely N-dealkylation sites (tertiary alicyclic amines) is 1. The smallest absolute Gasteiger partial charge is 0.238 e. The maximum atomic E-state index is 12.1. The van der Waals surface area contributed by atoms with E-state index in [1.54, 1.807) is 18.2 Å². The molecule has 0 saturated carbocycles. The molecule has 22 heavy (non-hydrogen) atoms. The molecule has 3 rings (SSSR count). The van der Waals surface area contributed by atoms with Gasteiger partial charge in [-0.05, 0) is 56.1 Å². The van der Waals surface area contributed by atoms with Crippen LogP contribution < -0.4 is 10.6 Å². The molecule has 4 nitrogen and oxygen atoms in total. The maximum Gasteiger partial charge on any atom is 0.238 e. The van der Waals surface area contributed by atoms with Gasteiger partial charge >= 0.3 is 0 Å². The van der Waals surface area contributed by atoms with Crippen LogP contribution in [0.1, 0.15) is 6.42 Å². The molecule has 1 amide bonds. The summed E-state index contributed by atoms with van der Waals surface area (Å²) in [7, 11) is 0. The lowest BCUT2D eigenvalue weighted by molar-refractivity contribution is -0.117. The van der Waals surface area contributed by atoms with Crippen LogP contribution in [0.4, 0.5) is 5.69 Å². The zero-order valence-electron chi connectivity index (χ0n) is 12.1. The number of piperidine rings is 1. The Bertz CT molecular complexity index is 541. The molecule has 7 heteroatoms. The van der Waals surface area contributed by atoms with Gasteiger partial charge < -0.3 is 10.6 Å². The van der Waals surface area contributed by atoms with Gasteiger partial charge in [-0.3, -0.25) is 9.69 Å². The van der Waals surface area contributed by atoms with Gasteiger partial charge in [-0.1, -0.05) is 23.2 Å². The van der Waals surface area contributed by atoms with Gasteiger partial charge in [0.2, 0.25) is 5.91 Å². The number of hydrogen-bond acceptors (Lipinski definition) is 3. The number of halogens is 3. The topological polar surface area (TPSA) is 44.4 Å². The van der Waals surface area contributed by atoms with Gasteiger partial charge in [0, 0.05) is 12.2 Å². The SMILES string of the molecule is Cl.O=C(CN1CCC2CNCC2C1)Nc1ccc(Cl)c(Cl)c1. The van der Waals surface area contributed by atoms with Crippen LogP contribution in [0.2, 0.25) is 10.0 Å². The van der Waals surface area contributed by atoms with E-state index in [1.165, 1.54) is 6.42 Å². The monoisotopic (exact) mass is 363 g/mol. The van der Waals surface area contributed by atoms with E-state index in [1.807, 2.05) is 0 Å². The zero-order valence-corrected chi connectivity index (χ0v) is 14.5. The van der Waals surface area contributed by atoms with Gasteiger partial charge in [0.1, 0.15) is 0 Å². The van der Waals surface area contributed by atoms with Crippen LogP contribution in [-0.4, -0.2) is 43.5 Å². The van der Waals surface area contributed by atoms with E-state index < -0.39 is 0 Å². The lowest BCUT2D eigenvalue weighted by Crippen LogP contribution is -2.43. The second kappa shape index (κ2) is 7.84. The van der Waals surface area contributed by atoms with Crippen LogP contribution in [0.15, 0.2) is 18.2 Å². The predicted octanol–water partition coefficient (Wildman–Crippen LogP) is 2.90. The fraction of sp³-hybridized carbons (Fsp3) is 0.533. The molecule has 1 aromatic rings. The molecular formula is C15H20Cl3N3O. The van der Waals surface area contributed by atoms with Gasteiger partial charge in [0.05, 0.1) is 16.6 Å². The molecule has 0 spiro atoms. The first-order valence-electron chi connectivity index (χ1n) is 7.30. The van der Waals surface area contributed by atoms with Crippen molar-refractivity contribution >= 4 is 47.2 Å². The standard InChI is InChI=1S/C15H19Cl2N3O.ClH/c16-13-2-1-12(5-14(13)17)19-15(21)9-20-4-3-10-6-18-7-11(10)8-20;/h1-2,5,10-11,18H,3-4,6-9H2,(H,19,21);1H. The molecule has 2 atom stereocenters. The molecule has 0 aliphatic carbocycles. The van der Waals surface area contributed by atoms with Crippen LogP contribution in [0.3, 0.4) is 0 Å². The van der Waals surface area contributed by atoms with Crippen molar-refractivity contribution < 1.29 is 4.79 Å². The molecular weight excluding hydrogens is 345 g/mol. The zero-order chi connectivity index (χ0) is 14.8. The third kappa shape index (κ3) is 4.27. The minimum atomic E-state index is -0.00204. The molecule has 2 N–H and O–H groups in total. The highest BCUT2D eigenvalue weighted by molar-refractivity contribution is 6.42. The van der Waals surface area contributed by atoms with Crippen LogP contribution in [0.25, 0.3) is 0 Å². The van der Waals surface area contributed by atoms with E-state index in [4.69, 9.17) is 23.2 Å². The fourth-order valence-electron chi connectivity index (χ4n) is 3.23. The number of amides is 1. The normalized spacial score (nSPS) is 24.5. The first-order chi connectivity index (χ1) is 10.1. The predicted molar refractivity (Wildman–Crippen MR) is 93.2 cm³/mol. The van der Waals surface area contributed by atoms with Crippen molar-refractivity contribution in [3.8, 4) is 0 Å². The van der Waals surface area contributed by atoms with Crippen LogP contribution in [-0.2, 0) is 4.79 Å². The quantitative estimate of drug-likeness (QED) is 0.867. The van der Waals surface area contributed by atoms with Crippen molar-refractivity contribution in [2.24, 2.45) is 11.8 Å². The summed E-state index contributed by atoms with van der Waals surface area (Å²) in [6.45, 7) is 4.65. The number of anilines is 1. The molecule has 0 aromatic heterocycles. The number of nitrogens with zero attached hydrogens (tertiary/aromatic N) is 1. The summed E-state index contributed by atoms with van der Waals surface area (Å²) >= 11 is 11.8. The summed E-state index contributed by atoms with van der Waals surface area (Å²) in [5, 5.41) is 7.26. The Morgan fingerprint density at radius 3 is 2.82 bits per heavy atom. The van der Waals surface area contributed by atoms with E-state index in [-0.39, 0.29) is 18.3 Å². The molecule has 2 fully saturated rings. The van der Waals surface area contributed by atoms with Crippen molar-refractivity contribution in [1.29, 1.82) is 0 Å². The number of carbonyl (C=O) groups excluding carboxylic acids is 1. The van der Waals surface area contributed by atoms with Gasteiger partial charge in [-0.25, -0.2) is 0 Å². The summed E-state index contributed by atoms with van der Waals surface area (Å²) in [6, 6.07) is 5.13. The molecule has 0 bridgehead atoms. The summed E-state index contributed by atoms with van der Waals surface area (Å²) in [5.41, 5.74) is 0.687. The minimum Gasteiger partial charge on any atom is -0.325 e. The molecule has 2 heterocycles. The Morgan fingerprint density at radius 1 is 1.27 bits per heavy atom. The minimum absolute atomic E-state index is 0. The van der Waals surface area contributed by atoms with E-state index in [9.17, 15) is 4.79 Å². The number of benzene rings is 1. The number of fused-ring (bicyclic) bond motifs is 1. The van der Waals surface area contributed by atoms with Crippen molar-refractivity contribution in [3.63, 3.8) is 0 Å². The first kappa shape index (κ1) is 17.8. The van der Waals surface area contributed by atoms with Crippen LogP contribution >= 0.6 is 35.6 Å². The lowest BCUT2D eigenvalue weighted by atomic mass is 9.89. The number of rotatable bonds is 3. The van der Waals surface area contributed by atoms with Gasteiger partial charge in [0.15, 0.2) is 0 Å². The molecule has 122 valence electrons. The number of hydrogen-bond donors (Lipinski definition) is 2. The molecule has 1 aromatic carbocycles. The molecule has 2 aliphatic heterocycles. The summed E-state index contributed by atoms with van der Waals surface area (Å²) in [6.07, 6.45) is 1.18. The molecule has 2 unspecified atom stereocenters. The summed E-state index contributed by atoms with van der Waals surface area (Å²) in [5.74, 6) is 1.48. The van der Waals surface area contributed by atoms with E-state index in [0.29, 0.717) is 28.2 Å². The third-order valence-electron chi connectivity index (χ3n) is 4.36. The average molecular weight is 365 g/mol. The van der Waals surface area contributed by atoms with E-state index in [0.717, 1.165) is 32.1 Å². The van der Waals surface area contributed by atoms with Crippen molar-refractivity contribution in [3.05, 3.63) is 28.2 Å². The second-order valence-electron chi connectivity index (χ2n) is 5.88. The lowest BCUT2D eigenvalue weighted by Gasteiger charge is -2.33.